The van der Waals surface area contributed by atoms with Gasteiger partial charge in [0.2, 0.25) is 0 Å². The van der Waals surface area contributed by atoms with Crippen LogP contribution in [0.25, 0.3) is 11.3 Å². The fraction of sp³-hybridized carbons (Fsp3) is 0.308. The van der Waals surface area contributed by atoms with Gasteiger partial charge in [0, 0.05) is 18.4 Å². The van der Waals surface area contributed by atoms with Crippen LogP contribution in [0, 0.1) is 0 Å². The molecular formula is C13H17N3S. The summed E-state index contributed by atoms with van der Waals surface area (Å²) >= 11 is 1.89. The summed E-state index contributed by atoms with van der Waals surface area (Å²) < 4.78 is 0. The normalized spacial score (nSPS) is 10.4. The van der Waals surface area contributed by atoms with Crippen molar-refractivity contribution in [2.45, 2.75) is 6.42 Å². The van der Waals surface area contributed by atoms with Crippen molar-refractivity contribution < 1.29 is 0 Å². The minimum atomic E-state index is 1.03. The average Bonchev–Trinajstić information content (AvgIpc) is 2.89. The lowest BCUT2D eigenvalue weighted by Gasteiger charge is -2.06. The standard InChI is InChI=1S/C13H17N3S/c1-17-10-2-8-14-12-5-3-11(4-6-12)13-7-9-15-16-13/h3-7,9,14H,2,8,10H2,1H3,(H,15,16). The van der Waals surface area contributed by atoms with Crippen LogP contribution in [0.1, 0.15) is 6.42 Å². The molecule has 2 N–H and O–H groups in total. The van der Waals surface area contributed by atoms with E-state index >= 15 is 0 Å². The zero-order chi connectivity index (χ0) is 11.9. The van der Waals surface area contributed by atoms with E-state index in [2.05, 4.69) is 46.0 Å². The van der Waals surface area contributed by atoms with Crippen LogP contribution in [0.3, 0.4) is 0 Å². The van der Waals surface area contributed by atoms with Crippen molar-refractivity contribution in [3.05, 3.63) is 36.5 Å². The largest absolute Gasteiger partial charge is 0.385 e. The molecule has 0 aliphatic heterocycles. The van der Waals surface area contributed by atoms with Crippen molar-refractivity contribution in [1.82, 2.24) is 10.2 Å². The quantitative estimate of drug-likeness (QED) is 0.770. The maximum absolute atomic E-state index is 3.95. The predicted molar refractivity (Wildman–Crippen MR) is 75.5 cm³/mol. The zero-order valence-corrected chi connectivity index (χ0v) is 10.8. The van der Waals surface area contributed by atoms with Crippen LogP contribution < -0.4 is 5.32 Å². The minimum Gasteiger partial charge on any atom is -0.385 e. The molecule has 0 saturated heterocycles. The summed E-state index contributed by atoms with van der Waals surface area (Å²) in [7, 11) is 0. The highest BCUT2D eigenvalue weighted by Gasteiger charge is 1.98. The number of thioether (sulfide) groups is 1. The van der Waals surface area contributed by atoms with Crippen molar-refractivity contribution >= 4 is 17.4 Å². The maximum Gasteiger partial charge on any atom is 0.0650 e. The molecule has 0 aliphatic rings. The highest BCUT2D eigenvalue weighted by molar-refractivity contribution is 7.98. The Labute approximate surface area is 106 Å². The summed E-state index contributed by atoms with van der Waals surface area (Å²) in [6.45, 7) is 1.03. The Hall–Kier alpha value is -1.42. The van der Waals surface area contributed by atoms with Gasteiger partial charge in [-0.15, -0.1) is 0 Å². The Morgan fingerprint density at radius 1 is 1.24 bits per heavy atom. The number of rotatable bonds is 6. The fourth-order valence-corrected chi connectivity index (χ4v) is 2.07. The van der Waals surface area contributed by atoms with E-state index in [4.69, 9.17) is 0 Å². The number of H-pyrrole nitrogens is 1. The van der Waals surface area contributed by atoms with Crippen LogP contribution in [0.4, 0.5) is 5.69 Å². The predicted octanol–water partition coefficient (Wildman–Crippen LogP) is 3.24. The van der Waals surface area contributed by atoms with E-state index in [-0.39, 0.29) is 0 Å². The lowest BCUT2D eigenvalue weighted by atomic mass is 10.1. The average molecular weight is 247 g/mol. The summed E-state index contributed by atoms with van der Waals surface area (Å²) in [6, 6.07) is 10.4. The van der Waals surface area contributed by atoms with E-state index in [1.807, 2.05) is 17.8 Å². The van der Waals surface area contributed by atoms with Gasteiger partial charge in [0.05, 0.1) is 5.69 Å². The van der Waals surface area contributed by atoms with Gasteiger partial charge in [-0.2, -0.15) is 16.9 Å². The second-order valence-electron chi connectivity index (χ2n) is 3.82. The van der Waals surface area contributed by atoms with E-state index in [0.717, 1.165) is 17.8 Å². The van der Waals surface area contributed by atoms with E-state index in [1.54, 1.807) is 6.20 Å². The molecule has 0 unspecified atom stereocenters. The first-order valence-corrected chi connectivity index (χ1v) is 7.12. The second kappa shape index (κ2) is 6.35. The number of anilines is 1. The van der Waals surface area contributed by atoms with E-state index in [0.29, 0.717) is 0 Å². The van der Waals surface area contributed by atoms with Gasteiger partial charge in [0.25, 0.3) is 0 Å². The van der Waals surface area contributed by atoms with Gasteiger partial charge in [-0.3, -0.25) is 5.10 Å². The third kappa shape index (κ3) is 3.53. The van der Waals surface area contributed by atoms with Crippen LogP contribution in [0.2, 0.25) is 0 Å². The van der Waals surface area contributed by atoms with Gasteiger partial charge in [-0.1, -0.05) is 12.1 Å². The van der Waals surface area contributed by atoms with Crippen LogP contribution in [-0.2, 0) is 0 Å². The molecule has 90 valence electrons. The first kappa shape index (κ1) is 12.0. The molecule has 1 aromatic carbocycles. The van der Waals surface area contributed by atoms with E-state index < -0.39 is 0 Å². The summed E-state index contributed by atoms with van der Waals surface area (Å²) in [5.74, 6) is 1.21. The summed E-state index contributed by atoms with van der Waals surface area (Å²) in [5.41, 5.74) is 3.39. The van der Waals surface area contributed by atoms with Gasteiger partial charge in [0.1, 0.15) is 0 Å². The monoisotopic (exact) mass is 247 g/mol. The van der Waals surface area contributed by atoms with Crippen LogP contribution in [0.5, 0.6) is 0 Å². The summed E-state index contributed by atoms with van der Waals surface area (Å²) in [4.78, 5) is 0. The summed E-state index contributed by atoms with van der Waals surface area (Å²) in [5, 5.41) is 10.3. The van der Waals surface area contributed by atoms with Crippen molar-refractivity contribution in [3.8, 4) is 11.3 Å². The highest BCUT2D eigenvalue weighted by atomic mass is 32.2. The smallest absolute Gasteiger partial charge is 0.0650 e. The van der Waals surface area contributed by atoms with Gasteiger partial charge in [-0.05, 0) is 42.2 Å². The molecule has 0 spiro atoms. The van der Waals surface area contributed by atoms with Crippen molar-refractivity contribution in [3.63, 3.8) is 0 Å². The Kier molecular flexibility index (Phi) is 4.50. The van der Waals surface area contributed by atoms with Gasteiger partial charge < -0.3 is 5.32 Å². The zero-order valence-electron chi connectivity index (χ0n) is 9.94. The second-order valence-corrected chi connectivity index (χ2v) is 4.81. The van der Waals surface area contributed by atoms with Gasteiger partial charge in [0.15, 0.2) is 0 Å². The molecule has 0 fully saturated rings. The third-order valence-corrected chi connectivity index (χ3v) is 3.25. The first-order chi connectivity index (χ1) is 8.40. The van der Waals surface area contributed by atoms with Gasteiger partial charge >= 0.3 is 0 Å². The van der Waals surface area contributed by atoms with Crippen molar-refractivity contribution in [2.24, 2.45) is 0 Å². The fourth-order valence-electron chi connectivity index (χ4n) is 1.63. The SMILES string of the molecule is CSCCCNc1ccc(-c2ccn[nH]2)cc1. The van der Waals surface area contributed by atoms with E-state index in [1.165, 1.54) is 17.9 Å². The lowest BCUT2D eigenvalue weighted by molar-refractivity contribution is 0.993. The Morgan fingerprint density at radius 3 is 2.71 bits per heavy atom. The number of aromatic amines is 1. The number of hydrogen-bond acceptors (Lipinski definition) is 3. The number of nitrogens with zero attached hydrogens (tertiary/aromatic N) is 1. The molecule has 0 bridgehead atoms. The first-order valence-electron chi connectivity index (χ1n) is 5.73. The lowest BCUT2D eigenvalue weighted by Crippen LogP contribution is -2.02. The van der Waals surface area contributed by atoms with Crippen molar-refractivity contribution in [2.75, 3.05) is 23.9 Å². The molecule has 3 nitrogen and oxygen atoms in total. The molecule has 0 amide bonds. The van der Waals surface area contributed by atoms with E-state index in [9.17, 15) is 0 Å². The molecule has 4 heteroatoms. The topological polar surface area (TPSA) is 40.7 Å². The van der Waals surface area contributed by atoms with Crippen LogP contribution in [-0.4, -0.2) is 28.8 Å². The molecule has 17 heavy (non-hydrogen) atoms. The third-order valence-electron chi connectivity index (χ3n) is 2.55. The minimum absolute atomic E-state index is 1.03. The van der Waals surface area contributed by atoms with Gasteiger partial charge in [-0.25, -0.2) is 0 Å². The molecule has 1 aromatic heterocycles. The molecule has 0 radical (unpaired) electrons. The molecule has 0 saturated carbocycles. The molecule has 0 atom stereocenters. The number of benzene rings is 1. The molecule has 0 aliphatic carbocycles. The number of nitrogens with one attached hydrogen (secondary N) is 2. The van der Waals surface area contributed by atoms with Crippen molar-refractivity contribution in [1.29, 1.82) is 0 Å². The van der Waals surface area contributed by atoms with Crippen LogP contribution >= 0.6 is 11.8 Å². The highest BCUT2D eigenvalue weighted by Crippen LogP contribution is 2.18. The maximum atomic E-state index is 3.95. The summed E-state index contributed by atoms with van der Waals surface area (Å²) in [6.07, 6.45) is 5.10. The molecule has 2 aromatic rings. The Morgan fingerprint density at radius 2 is 2.06 bits per heavy atom. The molecular weight excluding hydrogens is 230 g/mol. The number of hydrogen-bond donors (Lipinski definition) is 2. The van der Waals surface area contributed by atoms with Crippen LogP contribution in [0.15, 0.2) is 36.5 Å². The molecule has 1 heterocycles. The molecule has 2 rings (SSSR count). The Balaban J connectivity index is 1.90. The Bertz CT molecular complexity index is 422. The number of aromatic nitrogens is 2.